The molecule has 0 unspecified atom stereocenters. The summed E-state index contributed by atoms with van der Waals surface area (Å²) in [5, 5.41) is 0. The van der Waals surface area contributed by atoms with Gasteiger partial charge in [0.2, 0.25) is 0 Å². The van der Waals surface area contributed by atoms with Crippen LogP contribution in [0.25, 0.3) is 11.3 Å². The maximum Gasteiger partial charge on any atom is 0.254 e. The van der Waals surface area contributed by atoms with E-state index in [1.807, 2.05) is 42.2 Å². The van der Waals surface area contributed by atoms with Gasteiger partial charge < -0.3 is 24.0 Å². The normalized spacial score (nSPS) is 13.5. The molecule has 0 spiro atoms. The zero-order chi connectivity index (χ0) is 23.2. The molecule has 8 nitrogen and oxygen atoms in total. The van der Waals surface area contributed by atoms with Gasteiger partial charge in [-0.2, -0.15) is 0 Å². The monoisotopic (exact) mass is 448 g/mol. The van der Waals surface area contributed by atoms with E-state index in [4.69, 9.17) is 14.2 Å². The van der Waals surface area contributed by atoms with E-state index in [-0.39, 0.29) is 5.91 Å². The number of aromatic nitrogens is 2. The van der Waals surface area contributed by atoms with Crippen molar-refractivity contribution >= 4 is 11.7 Å². The third-order valence-electron chi connectivity index (χ3n) is 5.64. The van der Waals surface area contributed by atoms with Crippen LogP contribution in [-0.2, 0) is 0 Å². The molecule has 1 aliphatic rings. The standard InChI is InChI=1S/C25H28N4O4/c1-4-33-20-8-5-18(6-9-20)21-16-24(27-17-26-21)28-11-13-29(14-12-28)25(30)19-7-10-22(31-2)23(15-19)32-3/h5-10,15-17H,4,11-14H2,1-3H3. The predicted octanol–water partition coefficient (Wildman–Crippen LogP) is 3.52. The Bertz CT molecular complexity index is 1100. The molecular formula is C25H28N4O4. The number of nitrogens with zero attached hydrogens (tertiary/aromatic N) is 4. The lowest BCUT2D eigenvalue weighted by Gasteiger charge is -2.35. The Morgan fingerprint density at radius 2 is 1.64 bits per heavy atom. The summed E-state index contributed by atoms with van der Waals surface area (Å²) in [5.41, 5.74) is 2.44. The maximum atomic E-state index is 13.0. The highest BCUT2D eigenvalue weighted by Gasteiger charge is 2.24. The molecule has 0 bridgehead atoms. The summed E-state index contributed by atoms with van der Waals surface area (Å²) >= 11 is 0. The first-order chi connectivity index (χ1) is 16.1. The fraction of sp³-hybridized carbons (Fsp3) is 0.320. The van der Waals surface area contributed by atoms with Crippen LogP contribution in [0.3, 0.4) is 0 Å². The van der Waals surface area contributed by atoms with Crippen molar-refractivity contribution < 1.29 is 19.0 Å². The molecule has 2 aromatic carbocycles. The van der Waals surface area contributed by atoms with Gasteiger partial charge >= 0.3 is 0 Å². The van der Waals surface area contributed by atoms with Gasteiger partial charge in [-0.05, 0) is 49.4 Å². The van der Waals surface area contributed by atoms with Crippen LogP contribution in [0.5, 0.6) is 17.2 Å². The van der Waals surface area contributed by atoms with Crippen LogP contribution in [0.4, 0.5) is 5.82 Å². The largest absolute Gasteiger partial charge is 0.494 e. The maximum absolute atomic E-state index is 13.0. The number of hydrogen-bond donors (Lipinski definition) is 0. The SMILES string of the molecule is CCOc1ccc(-c2cc(N3CCN(C(=O)c4ccc(OC)c(OC)c4)CC3)ncn2)cc1. The second kappa shape index (κ2) is 10.2. The van der Waals surface area contributed by atoms with Gasteiger partial charge in [0.05, 0.1) is 26.5 Å². The molecule has 0 atom stereocenters. The third-order valence-corrected chi connectivity index (χ3v) is 5.64. The molecule has 0 N–H and O–H groups in total. The fourth-order valence-electron chi connectivity index (χ4n) is 3.86. The second-order valence-corrected chi connectivity index (χ2v) is 7.57. The van der Waals surface area contributed by atoms with Crippen LogP contribution < -0.4 is 19.1 Å². The fourth-order valence-corrected chi connectivity index (χ4v) is 3.86. The first kappa shape index (κ1) is 22.4. The summed E-state index contributed by atoms with van der Waals surface area (Å²) < 4.78 is 16.1. The van der Waals surface area contributed by atoms with Gasteiger partial charge in [0, 0.05) is 43.4 Å². The highest BCUT2D eigenvalue weighted by molar-refractivity contribution is 5.95. The summed E-state index contributed by atoms with van der Waals surface area (Å²) in [5.74, 6) is 2.82. The number of anilines is 1. The van der Waals surface area contributed by atoms with Gasteiger partial charge in [0.15, 0.2) is 11.5 Å². The summed E-state index contributed by atoms with van der Waals surface area (Å²) in [6.07, 6.45) is 1.59. The first-order valence-electron chi connectivity index (χ1n) is 10.9. The van der Waals surface area contributed by atoms with E-state index in [1.165, 1.54) is 0 Å². The Morgan fingerprint density at radius 1 is 0.909 bits per heavy atom. The van der Waals surface area contributed by atoms with Crippen molar-refractivity contribution in [1.29, 1.82) is 0 Å². The van der Waals surface area contributed by atoms with Gasteiger partial charge in [-0.3, -0.25) is 4.79 Å². The number of ether oxygens (including phenoxy) is 3. The van der Waals surface area contributed by atoms with Crippen LogP contribution >= 0.6 is 0 Å². The quantitative estimate of drug-likeness (QED) is 0.547. The number of piperazine rings is 1. The first-order valence-corrected chi connectivity index (χ1v) is 10.9. The average Bonchev–Trinajstić information content (AvgIpc) is 2.88. The third kappa shape index (κ3) is 5.00. The summed E-state index contributed by atoms with van der Waals surface area (Å²) in [7, 11) is 3.14. The number of methoxy groups -OCH3 is 2. The van der Waals surface area contributed by atoms with Crippen LogP contribution in [0.1, 0.15) is 17.3 Å². The van der Waals surface area contributed by atoms with Crippen molar-refractivity contribution in [3.05, 3.63) is 60.4 Å². The van der Waals surface area contributed by atoms with Crippen molar-refractivity contribution in [2.24, 2.45) is 0 Å². The Labute approximate surface area is 193 Å². The number of hydrogen-bond acceptors (Lipinski definition) is 7. The molecule has 1 aliphatic heterocycles. The van der Waals surface area contributed by atoms with Crippen LogP contribution in [-0.4, -0.2) is 67.8 Å². The minimum Gasteiger partial charge on any atom is -0.494 e. The van der Waals surface area contributed by atoms with Crippen molar-refractivity contribution in [3.63, 3.8) is 0 Å². The Hall–Kier alpha value is -3.81. The zero-order valence-corrected chi connectivity index (χ0v) is 19.2. The minimum absolute atomic E-state index is 0.0200. The summed E-state index contributed by atoms with van der Waals surface area (Å²) in [6, 6.07) is 15.1. The van der Waals surface area contributed by atoms with Gasteiger partial charge in [0.1, 0.15) is 17.9 Å². The molecular weight excluding hydrogens is 420 g/mol. The molecule has 0 saturated carbocycles. The number of carbonyl (C=O) groups excluding carboxylic acids is 1. The minimum atomic E-state index is -0.0200. The van der Waals surface area contributed by atoms with E-state index in [1.54, 1.807) is 38.7 Å². The topological polar surface area (TPSA) is 77.0 Å². The molecule has 4 rings (SSSR count). The summed E-state index contributed by atoms with van der Waals surface area (Å²) in [4.78, 5) is 25.9. The summed E-state index contributed by atoms with van der Waals surface area (Å²) in [6.45, 7) is 5.20. The lowest BCUT2D eigenvalue weighted by Crippen LogP contribution is -2.49. The molecule has 0 aliphatic carbocycles. The van der Waals surface area contributed by atoms with E-state index in [0.717, 1.165) is 22.8 Å². The van der Waals surface area contributed by atoms with E-state index in [9.17, 15) is 4.79 Å². The van der Waals surface area contributed by atoms with E-state index >= 15 is 0 Å². The number of rotatable bonds is 7. The smallest absolute Gasteiger partial charge is 0.254 e. The van der Waals surface area contributed by atoms with Crippen molar-refractivity contribution in [2.45, 2.75) is 6.92 Å². The van der Waals surface area contributed by atoms with Crippen molar-refractivity contribution in [3.8, 4) is 28.5 Å². The molecule has 1 fully saturated rings. The molecule has 8 heteroatoms. The van der Waals surface area contributed by atoms with Crippen molar-refractivity contribution in [1.82, 2.24) is 14.9 Å². The highest BCUT2D eigenvalue weighted by Crippen LogP contribution is 2.28. The number of amides is 1. The van der Waals surface area contributed by atoms with Crippen LogP contribution in [0.2, 0.25) is 0 Å². The second-order valence-electron chi connectivity index (χ2n) is 7.57. The predicted molar refractivity (Wildman–Crippen MR) is 126 cm³/mol. The van der Waals surface area contributed by atoms with Crippen molar-refractivity contribution in [2.75, 3.05) is 51.9 Å². The van der Waals surface area contributed by atoms with Gasteiger partial charge in [-0.25, -0.2) is 9.97 Å². The average molecular weight is 449 g/mol. The Kier molecular flexibility index (Phi) is 6.92. The molecule has 3 aromatic rings. The molecule has 172 valence electrons. The molecule has 1 aromatic heterocycles. The highest BCUT2D eigenvalue weighted by atomic mass is 16.5. The van der Waals surface area contributed by atoms with Gasteiger partial charge in [-0.1, -0.05) is 0 Å². The lowest BCUT2D eigenvalue weighted by atomic mass is 10.1. The van der Waals surface area contributed by atoms with Crippen LogP contribution in [0.15, 0.2) is 54.9 Å². The number of carbonyl (C=O) groups is 1. The molecule has 0 radical (unpaired) electrons. The van der Waals surface area contributed by atoms with Gasteiger partial charge in [0.25, 0.3) is 5.91 Å². The molecule has 33 heavy (non-hydrogen) atoms. The molecule has 1 amide bonds. The number of benzene rings is 2. The zero-order valence-electron chi connectivity index (χ0n) is 19.2. The van der Waals surface area contributed by atoms with E-state index < -0.39 is 0 Å². The van der Waals surface area contributed by atoms with E-state index in [0.29, 0.717) is 49.8 Å². The molecule has 2 heterocycles. The molecule has 1 saturated heterocycles. The van der Waals surface area contributed by atoms with E-state index in [2.05, 4.69) is 14.9 Å². The Balaban J connectivity index is 1.42. The van der Waals surface area contributed by atoms with Gasteiger partial charge in [-0.15, -0.1) is 0 Å². The Morgan fingerprint density at radius 3 is 2.30 bits per heavy atom. The van der Waals surface area contributed by atoms with Crippen LogP contribution in [0, 0.1) is 0 Å². The lowest BCUT2D eigenvalue weighted by molar-refractivity contribution is 0.0746.